The van der Waals surface area contributed by atoms with Crippen molar-refractivity contribution in [3.63, 3.8) is 0 Å². The number of esters is 1. The first-order chi connectivity index (χ1) is 12.8. The first kappa shape index (κ1) is 20.9. The molecule has 3 aliphatic rings. The largest absolute Gasteiger partial charge is 0.465 e. The van der Waals surface area contributed by atoms with Crippen molar-refractivity contribution >= 4 is 5.97 Å². The van der Waals surface area contributed by atoms with Gasteiger partial charge >= 0.3 is 5.97 Å². The van der Waals surface area contributed by atoms with E-state index in [1.54, 1.807) is 0 Å². The van der Waals surface area contributed by atoms with Gasteiger partial charge in [0, 0.05) is 0 Å². The average Bonchev–Trinajstić information content (AvgIpc) is 3.37. The van der Waals surface area contributed by atoms with E-state index in [1.807, 2.05) is 6.08 Å². The van der Waals surface area contributed by atoms with Crippen LogP contribution in [0.3, 0.4) is 0 Å². The molecule has 0 amide bonds. The van der Waals surface area contributed by atoms with Gasteiger partial charge in [0.25, 0.3) is 0 Å². The second-order valence-electron chi connectivity index (χ2n) is 10.0. The number of hydrogen-bond donors (Lipinski definition) is 1. The quantitative estimate of drug-likeness (QED) is 0.345. The van der Waals surface area contributed by atoms with Gasteiger partial charge in [-0.25, -0.2) is 0 Å². The van der Waals surface area contributed by atoms with Gasteiger partial charge < -0.3 is 9.84 Å². The van der Waals surface area contributed by atoms with Crippen LogP contribution in [0.2, 0.25) is 0 Å². The van der Waals surface area contributed by atoms with Crippen molar-refractivity contribution in [3.05, 3.63) is 12.2 Å². The van der Waals surface area contributed by atoms with E-state index in [0.29, 0.717) is 23.9 Å². The molecule has 3 aliphatic carbocycles. The summed E-state index contributed by atoms with van der Waals surface area (Å²) in [5, 5.41) is 10.7. The number of carbonyl (C=O) groups is 1. The summed E-state index contributed by atoms with van der Waals surface area (Å²) in [4.78, 5) is 12.4. The summed E-state index contributed by atoms with van der Waals surface area (Å²) in [6, 6.07) is 0. The molecule has 3 rings (SSSR count). The molecule has 3 fully saturated rings. The monoisotopic (exact) mass is 376 g/mol. The van der Waals surface area contributed by atoms with E-state index in [-0.39, 0.29) is 5.97 Å². The third kappa shape index (κ3) is 3.99. The molecule has 0 aromatic carbocycles. The zero-order valence-electron chi connectivity index (χ0n) is 17.9. The second-order valence-corrected chi connectivity index (χ2v) is 10.0. The Hall–Kier alpha value is -0.830. The number of aliphatic hydroxyl groups excluding tert-OH is 1. The lowest BCUT2D eigenvalue weighted by Crippen LogP contribution is -2.38. The maximum Gasteiger partial charge on any atom is 0.315 e. The zero-order chi connectivity index (χ0) is 19.7. The Morgan fingerprint density at radius 2 is 1.96 bits per heavy atom. The Morgan fingerprint density at radius 3 is 2.63 bits per heavy atom. The minimum atomic E-state index is -0.704. The molecule has 0 heterocycles. The molecule has 1 N–H and O–H groups in total. The number of carbonyl (C=O) groups excluding carboxylic acids is 1. The SMILES string of the molecule is CCCCOC(=O)C1([C@H](O)/C=C/[C@@H](C)[C@H]2CC[C@H]3[C@@H](C)CCC[C@]23C)CC1. The highest BCUT2D eigenvalue weighted by Gasteiger charge is 2.56. The number of fused-ring (bicyclic) bond motifs is 1. The van der Waals surface area contributed by atoms with Gasteiger partial charge in [-0.2, -0.15) is 0 Å². The van der Waals surface area contributed by atoms with E-state index in [9.17, 15) is 9.90 Å². The Kier molecular flexibility index (Phi) is 6.40. The van der Waals surface area contributed by atoms with E-state index >= 15 is 0 Å². The summed E-state index contributed by atoms with van der Waals surface area (Å²) in [7, 11) is 0. The second kappa shape index (κ2) is 8.27. The Bertz CT molecular complexity index is 550. The fourth-order valence-electron chi connectivity index (χ4n) is 6.28. The van der Waals surface area contributed by atoms with Crippen molar-refractivity contribution in [2.24, 2.45) is 34.5 Å². The maximum absolute atomic E-state index is 12.4. The average molecular weight is 377 g/mol. The van der Waals surface area contributed by atoms with Crippen LogP contribution in [-0.4, -0.2) is 23.8 Å². The van der Waals surface area contributed by atoms with Crippen molar-refractivity contribution < 1.29 is 14.6 Å². The number of ether oxygens (including phenoxy) is 1. The fraction of sp³-hybridized carbons (Fsp3) is 0.875. The van der Waals surface area contributed by atoms with Gasteiger partial charge in [-0.05, 0) is 67.6 Å². The van der Waals surface area contributed by atoms with Crippen LogP contribution in [0.15, 0.2) is 12.2 Å². The summed E-state index contributed by atoms with van der Waals surface area (Å²) in [6.45, 7) is 9.82. The van der Waals surface area contributed by atoms with Gasteiger partial charge in [0.1, 0.15) is 0 Å². The fourth-order valence-corrected chi connectivity index (χ4v) is 6.28. The van der Waals surface area contributed by atoms with Gasteiger partial charge in [0.15, 0.2) is 0 Å². The Labute approximate surface area is 165 Å². The Balaban J connectivity index is 1.60. The first-order valence-electron chi connectivity index (χ1n) is 11.4. The van der Waals surface area contributed by atoms with Crippen LogP contribution in [0.4, 0.5) is 0 Å². The lowest BCUT2D eigenvalue weighted by molar-refractivity contribution is -0.153. The predicted molar refractivity (Wildman–Crippen MR) is 109 cm³/mol. The van der Waals surface area contributed by atoms with E-state index in [0.717, 1.165) is 37.5 Å². The van der Waals surface area contributed by atoms with Gasteiger partial charge in [0.05, 0.1) is 18.1 Å². The highest BCUT2D eigenvalue weighted by molar-refractivity contribution is 5.81. The van der Waals surface area contributed by atoms with Crippen molar-refractivity contribution in [1.82, 2.24) is 0 Å². The molecule has 27 heavy (non-hydrogen) atoms. The minimum Gasteiger partial charge on any atom is -0.465 e. The van der Waals surface area contributed by atoms with Crippen LogP contribution in [-0.2, 0) is 9.53 Å². The van der Waals surface area contributed by atoms with Gasteiger partial charge in [-0.15, -0.1) is 0 Å². The zero-order valence-corrected chi connectivity index (χ0v) is 17.9. The molecule has 0 unspecified atom stereocenters. The highest BCUT2D eigenvalue weighted by atomic mass is 16.5. The molecular formula is C24H40O3. The molecule has 6 atom stereocenters. The summed E-state index contributed by atoms with van der Waals surface area (Å²) in [6.07, 6.45) is 13.6. The van der Waals surface area contributed by atoms with E-state index in [4.69, 9.17) is 4.74 Å². The molecule has 0 aromatic heterocycles. The number of unbranched alkanes of at least 4 members (excludes halogenated alkanes) is 1. The molecule has 0 radical (unpaired) electrons. The van der Waals surface area contributed by atoms with Gasteiger partial charge in [0.2, 0.25) is 0 Å². The van der Waals surface area contributed by atoms with Gasteiger partial charge in [-0.1, -0.05) is 59.1 Å². The van der Waals surface area contributed by atoms with E-state index in [1.165, 1.54) is 32.1 Å². The topological polar surface area (TPSA) is 46.5 Å². The molecule has 0 saturated heterocycles. The molecule has 0 spiro atoms. The first-order valence-corrected chi connectivity index (χ1v) is 11.4. The molecule has 0 aromatic rings. The number of hydrogen-bond acceptors (Lipinski definition) is 3. The summed E-state index contributed by atoms with van der Waals surface area (Å²) < 4.78 is 5.40. The smallest absolute Gasteiger partial charge is 0.315 e. The molecule has 3 saturated carbocycles. The molecule has 3 heteroatoms. The van der Waals surface area contributed by atoms with E-state index in [2.05, 4.69) is 33.8 Å². The number of rotatable bonds is 8. The highest BCUT2D eigenvalue weighted by Crippen LogP contribution is 2.59. The number of aliphatic hydroxyl groups is 1. The lowest BCUT2D eigenvalue weighted by Gasteiger charge is -2.45. The van der Waals surface area contributed by atoms with Crippen molar-refractivity contribution in [2.75, 3.05) is 6.61 Å². The van der Waals surface area contributed by atoms with Crippen LogP contribution < -0.4 is 0 Å². The maximum atomic E-state index is 12.4. The van der Waals surface area contributed by atoms with Crippen LogP contribution in [0.1, 0.15) is 85.5 Å². The minimum absolute atomic E-state index is 0.199. The molecule has 0 bridgehead atoms. The summed E-state index contributed by atoms with van der Waals surface area (Å²) in [5.41, 5.74) is -0.214. The summed E-state index contributed by atoms with van der Waals surface area (Å²) in [5.74, 6) is 2.66. The standard InChI is InChI=1S/C24H40O3/c1-5-6-16-27-22(26)24(14-15-24)21(25)12-9-18(3)20-11-10-19-17(2)8-7-13-23(19,20)4/h9,12,17-21,25H,5-8,10-11,13-16H2,1-4H3/b12-9+/t17-,18+,19-,20+,21+,23-/m0/s1. The summed E-state index contributed by atoms with van der Waals surface area (Å²) >= 11 is 0. The van der Waals surface area contributed by atoms with Crippen LogP contribution in [0, 0.1) is 34.5 Å². The lowest BCUT2D eigenvalue weighted by atomic mass is 9.60. The van der Waals surface area contributed by atoms with Crippen molar-refractivity contribution in [1.29, 1.82) is 0 Å². The van der Waals surface area contributed by atoms with Crippen LogP contribution in [0.5, 0.6) is 0 Å². The predicted octanol–water partition coefficient (Wildman–Crippen LogP) is 5.52. The Morgan fingerprint density at radius 1 is 1.22 bits per heavy atom. The van der Waals surface area contributed by atoms with E-state index < -0.39 is 11.5 Å². The van der Waals surface area contributed by atoms with Crippen molar-refractivity contribution in [2.45, 2.75) is 91.6 Å². The normalized spacial score (nSPS) is 37.0. The third-order valence-electron chi connectivity index (χ3n) is 8.27. The van der Waals surface area contributed by atoms with Crippen LogP contribution in [0.25, 0.3) is 0 Å². The van der Waals surface area contributed by atoms with Gasteiger partial charge in [-0.3, -0.25) is 4.79 Å². The molecule has 154 valence electrons. The number of allylic oxidation sites excluding steroid dienone is 1. The molecule has 0 aliphatic heterocycles. The molecular weight excluding hydrogens is 336 g/mol. The molecule has 3 nitrogen and oxygen atoms in total. The third-order valence-corrected chi connectivity index (χ3v) is 8.27. The van der Waals surface area contributed by atoms with Crippen molar-refractivity contribution in [3.8, 4) is 0 Å². The van der Waals surface area contributed by atoms with Crippen LogP contribution >= 0.6 is 0 Å².